The van der Waals surface area contributed by atoms with Gasteiger partial charge in [-0.2, -0.15) is 0 Å². The van der Waals surface area contributed by atoms with Crippen LogP contribution in [0, 0.1) is 0 Å². The number of amides is 1. The van der Waals surface area contributed by atoms with E-state index in [-0.39, 0.29) is 12.5 Å². The average molecular weight is 409 g/mol. The number of nitrogens with one attached hydrogen (secondary N) is 1. The van der Waals surface area contributed by atoms with E-state index < -0.39 is 0 Å². The Hall–Kier alpha value is -2.28. The number of methoxy groups -OCH3 is 1. The molecule has 134 valence electrons. The number of benzene rings is 2. The fourth-order valence-corrected chi connectivity index (χ4v) is 3.33. The van der Waals surface area contributed by atoms with E-state index >= 15 is 0 Å². The van der Waals surface area contributed by atoms with Crippen molar-refractivity contribution >= 4 is 45.6 Å². The van der Waals surface area contributed by atoms with Crippen LogP contribution in [0.1, 0.15) is 0 Å². The first-order chi connectivity index (χ1) is 12.6. The molecule has 0 radical (unpaired) electrons. The van der Waals surface area contributed by atoms with Gasteiger partial charge in [-0.05, 0) is 30.3 Å². The number of anilines is 1. The second-order valence-corrected chi connectivity index (χ2v) is 6.83. The van der Waals surface area contributed by atoms with Crippen LogP contribution in [0.5, 0.6) is 11.5 Å². The molecular formula is C18H14Cl2N2O3S. The van der Waals surface area contributed by atoms with Gasteiger partial charge in [-0.15, -0.1) is 11.3 Å². The summed E-state index contributed by atoms with van der Waals surface area (Å²) < 4.78 is 10.5. The number of carbonyl (C=O) groups excluding carboxylic acids is 1. The zero-order valence-electron chi connectivity index (χ0n) is 13.7. The first-order valence-corrected chi connectivity index (χ1v) is 9.17. The molecular weight excluding hydrogens is 395 g/mol. The van der Waals surface area contributed by atoms with Crippen molar-refractivity contribution in [2.45, 2.75) is 0 Å². The molecule has 26 heavy (non-hydrogen) atoms. The van der Waals surface area contributed by atoms with Crippen LogP contribution in [-0.2, 0) is 4.79 Å². The molecule has 0 aliphatic rings. The van der Waals surface area contributed by atoms with Crippen LogP contribution in [0.3, 0.4) is 0 Å². The number of halogens is 2. The minimum Gasteiger partial charge on any atom is -0.495 e. The van der Waals surface area contributed by atoms with Crippen molar-refractivity contribution in [3.63, 3.8) is 0 Å². The van der Waals surface area contributed by atoms with E-state index in [9.17, 15) is 4.79 Å². The number of rotatable bonds is 6. The van der Waals surface area contributed by atoms with Crippen LogP contribution in [0.15, 0.2) is 47.8 Å². The van der Waals surface area contributed by atoms with Crippen LogP contribution in [0.2, 0.25) is 10.0 Å². The first kappa shape index (κ1) is 18.5. The molecule has 0 unspecified atom stereocenters. The molecule has 0 atom stereocenters. The van der Waals surface area contributed by atoms with Gasteiger partial charge in [-0.1, -0.05) is 35.3 Å². The summed E-state index contributed by atoms with van der Waals surface area (Å²) in [6.45, 7) is -0.160. The molecule has 3 aromatic rings. The smallest absolute Gasteiger partial charge is 0.264 e. The van der Waals surface area contributed by atoms with E-state index in [1.54, 1.807) is 43.5 Å². The van der Waals surface area contributed by atoms with Crippen LogP contribution >= 0.6 is 34.5 Å². The summed E-state index contributed by atoms with van der Waals surface area (Å²) in [5.41, 5.74) is 1.54. The van der Waals surface area contributed by atoms with Crippen molar-refractivity contribution in [2.75, 3.05) is 19.0 Å². The van der Waals surface area contributed by atoms with E-state index in [2.05, 4.69) is 10.3 Å². The highest BCUT2D eigenvalue weighted by atomic mass is 35.5. The lowest BCUT2D eigenvalue weighted by atomic mass is 10.2. The van der Waals surface area contributed by atoms with E-state index in [1.165, 1.54) is 11.3 Å². The van der Waals surface area contributed by atoms with Crippen molar-refractivity contribution in [2.24, 2.45) is 0 Å². The summed E-state index contributed by atoms with van der Waals surface area (Å²) in [5, 5.41) is 5.96. The molecule has 0 saturated heterocycles. The number of carbonyl (C=O) groups is 1. The van der Waals surface area contributed by atoms with E-state index in [4.69, 9.17) is 32.7 Å². The van der Waals surface area contributed by atoms with E-state index in [0.29, 0.717) is 32.4 Å². The molecule has 0 saturated carbocycles. The second kappa shape index (κ2) is 8.40. The molecule has 1 N–H and O–H groups in total. The fraction of sp³-hybridized carbons (Fsp3) is 0.111. The van der Waals surface area contributed by atoms with E-state index in [1.807, 2.05) is 11.4 Å². The lowest BCUT2D eigenvalue weighted by molar-refractivity contribution is -0.118. The number of ether oxygens (including phenoxy) is 2. The Balaban J connectivity index is 1.62. The first-order valence-electron chi connectivity index (χ1n) is 7.53. The average Bonchev–Trinajstić information content (AvgIpc) is 3.09. The van der Waals surface area contributed by atoms with Crippen LogP contribution in [0.25, 0.3) is 11.3 Å². The quantitative estimate of drug-likeness (QED) is 0.612. The lowest BCUT2D eigenvalue weighted by Crippen LogP contribution is -2.20. The summed E-state index contributed by atoms with van der Waals surface area (Å²) in [7, 11) is 1.56. The van der Waals surface area contributed by atoms with Gasteiger partial charge in [0.1, 0.15) is 11.5 Å². The van der Waals surface area contributed by atoms with Crippen molar-refractivity contribution in [3.8, 4) is 22.8 Å². The maximum Gasteiger partial charge on any atom is 0.264 e. The Labute approximate surface area is 164 Å². The minimum atomic E-state index is -0.321. The SMILES string of the molecule is COc1ccc(-c2csc(NC(=O)COc3ccccc3Cl)n2)cc1Cl. The molecule has 1 amide bonds. The largest absolute Gasteiger partial charge is 0.495 e. The summed E-state index contributed by atoms with van der Waals surface area (Å²) in [5.74, 6) is 0.728. The summed E-state index contributed by atoms with van der Waals surface area (Å²) >= 11 is 13.4. The third-order valence-electron chi connectivity index (χ3n) is 3.39. The molecule has 1 heterocycles. The lowest BCUT2D eigenvalue weighted by Gasteiger charge is -2.07. The fourth-order valence-electron chi connectivity index (χ4n) is 2.15. The van der Waals surface area contributed by atoms with Gasteiger partial charge in [-0.3, -0.25) is 10.1 Å². The third kappa shape index (κ3) is 4.46. The molecule has 0 bridgehead atoms. The molecule has 3 rings (SSSR count). The predicted octanol–water partition coefficient (Wildman–Crippen LogP) is 5.14. The predicted molar refractivity (Wildman–Crippen MR) is 105 cm³/mol. The van der Waals surface area contributed by atoms with Gasteiger partial charge in [0.15, 0.2) is 11.7 Å². The van der Waals surface area contributed by atoms with Crippen LogP contribution in [-0.4, -0.2) is 24.6 Å². The molecule has 0 spiro atoms. The molecule has 8 heteroatoms. The Morgan fingerprint density at radius 3 is 2.69 bits per heavy atom. The standard InChI is InChI=1S/C18H14Cl2N2O3S/c1-24-15-7-6-11(8-13(15)20)14-10-26-18(21-14)22-17(23)9-25-16-5-3-2-4-12(16)19/h2-8,10H,9H2,1H3,(H,21,22,23). The third-order valence-corrected chi connectivity index (χ3v) is 4.76. The van der Waals surface area contributed by atoms with Crippen molar-refractivity contribution in [3.05, 3.63) is 57.9 Å². The van der Waals surface area contributed by atoms with Crippen molar-refractivity contribution < 1.29 is 14.3 Å². The van der Waals surface area contributed by atoms with Crippen molar-refractivity contribution in [1.82, 2.24) is 4.98 Å². The second-order valence-electron chi connectivity index (χ2n) is 5.15. The maximum absolute atomic E-state index is 12.0. The Bertz CT molecular complexity index is 930. The molecule has 5 nitrogen and oxygen atoms in total. The number of thiazole rings is 1. The number of nitrogens with zero attached hydrogens (tertiary/aromatic N) is 1. The zero-order valence-corrected chi connectivity index (χ0v) is 16.0. The number of para-hydroxylation sites is 1. The van der Waals surface area contributed by atoms with Gasteiger partial charge in [0.2, 0.25) is 0 Å². The van der Waals surface area contributed by atoms with Gasteiger partial charge >= 0.3 is 0 Å². The molecule has 0 aliphatic carbocycles. The molecule has 0 fully saturated rings. The van der Waals surface area contributed by atoms with Crippen molar-refractivity contribution in [1.29, 1.82) is 0 Å². The molecule has 2 aromatic carbocycles. The van der Waals surface area contributed by atoms with Gasteiger partial charge in [0.05, 0.1) is 22.8 Å². The van der Waals surface area contributed by atoms with Crippen LogP contribution < -0.4 is 14.8 Å². The monoisotopic (exact) mass is 408 g/mol. The zero-order chi connectivity index (χ0) is 18.5. The summed E-state index contributed by atoms with van der Waals surface area (Å²) in [4.78, 5) is 16.4. The van der Waals surface area contributed by atoms with Gasteiger partial charge < -0.3 is 9.47 Å². The molecule has 1 aromatic heterocycles. The number of hydrogen-bond acceptors (Lipinski definition) is 5. The Morgan fingerprint density at radius 2 is 1.96 bits per heavy atom. The van der Waals surface area contributed by atoms with Crippen LogP contribution in [0.4, 0.5) is 5.13 Å². The van der Waals surface area contributed by atoms with E-state index in [0.717, 1.165) is 5.56 Å². The highest BCUT2D eigenvalue weighted by molar-refractivity contribution is 7.14. The van der Waals surface area contributed by atoms with Gasteiger partial charge in [0, 0.05) is 10.9 Å². The highest BCUT2D eigenvalue weighted by Gasteiger charge is 2.11. The topological polar surface area (TPSA) is 60.5 Å². The maximum atomic E-state index is 12.0. The number of aromatic nitrogens is 1. The highest BCUT2D eigenvalue weighted by Crippen LogP contribution is 2.31. The van der Waals surface area contributed by atoms with Gasteiger partial charge in [-0.25, -0.2) is 4.98 Å². The summed E-state index contributed by atoms with van der Waals surface area (Å²) in [6.07, 6.45) is 0. The number of hydrogen-bond donors (Lipinski definition) is 1. The normalized spacial score (nSPS) is 10.4. The minimum absolute atomic E-state index is 0.160. The Kier molecular flexibility index (Phi) is 5.98. The Morgan fingerprint density at radius 1 is 1.15 bits per heavy atom. The van der Waals surface area contributed by atoms with Gasteiger partial charge in [0.25, 0.3) is 5.91 Å². The molecule has 0 aliphatic heterocycles. The summed E-state index contributed by atoms with van der Waals surface area (Å²) in [6, 6.07) is 12.4.